The summed E-state index contributed by atoms with van der Waals surface area (Å²) in [5.74, 6) is -0.389. The molecule has 0 spiro atoms. The highest BCUT2D eigenvalue weighted by molar-refractivity contribution is 5.94. The van der Waals surface area contributed by atoms with Gasteiger partial charge in [-0.25, -0.2) is 4.79 Å². The summed E-state index contributed by atoms with van der Waals surface area (Å²) < 4.78 is 0. The van der Waals surface area contributed by atoms with Gasteiger partial charge in [0.2, 0.25) is 0 Å². The second-order valence-electron chi connectivity index (χ2n) is 6.69. The molecule has 1 rings (SSSR count). The number of hydrogen-bond acceptors (Lipinski definition) is 2. The summed E-state index contributed by atoms with van der Waals surface area (Å²) in [4.78, 5) is 15.6. The minimum atomic E-state index is -0.927. The summed E-state index contributed by atoms with van der Waals surface area (Å²) in [6.07, 6.45) is 3.84. The molecule has 1 aromatic carbocycles. The maximum absolute atomic E-state index is 11.2. The third kappa shape index (κ3) is 5.16. The molecule has 0 saturated heterocycles. The van der Waals surface area contributed by atoms with Crippen LogP contribution in [0.5, 0.6) is 0 Å². The molecule has 0 aliphatic carbocycles. The van der Waals surface area contributed by atoms with Gasteiger partial charge in [-0.3, -0.25) is 4.99 Å². The van der Waals surface area contributed by atoms with E-state index < -0.39 is 5.97 Å². The highest BCUT2D eigenvalue weighted by Gasteiger charge is 2.15. The van der Waals surface area contributed by atoms with Gasteiger partial charge in [-0.15, -0.1) is 0 Å². The standard InChI is InChI=1S/C17H25NO2/c1-12(11-17(3,4)5)9-10-18-15-13(2)7-6-8-14(15)16(19)20/h6-8,10,12H,9,11H2,1-5H3,(H,19,20). The average Bonchev–Trinajstić information content (AvgIpc) is 2.28. The molecule has 3 nitrogen and oxygen atoms in total. The van der Waals surface area contributed by atoms with Crippen molar-refractivity contribution in [1.82, 2.24) is 0 Å². The fourth-order valence-electron chi connectivity index (χ4n) is 2.46. The fourth-order valence-corrected chi connectivity index (χ4v) is 2.46. The summed E-state index contributed by atoms with van der Waals surface area (Å²) in [5, 5.41) is 9.18. The molecule has 0 heterocycles. The number of nitrogens with zero attached hydrogens (tertiary/aromatic N) is 1. The Balaban J connectivity index is 2.79. The Morgan fingerprint density at radius 3 is 2.60 bits per heavy atom. The second-order valence-corrected chi connectivity index (χ2v) is 6.69. The minimum absolute atomic E-state index is 0.268. The smallest absolute Gasteiger partial charge is 0.337 e. The molecule has 0 amide bonds. The molecular weight excluding hydrogens is 250 g/mol. The van der Waals surface area contributed by atoms with E-state index in [0.29, 0.717) is 17.0 Å². The van der Waals surface area contributed by atoms with Crippen molar-refractivity contribution in [2.45, 2.75) is 47.5 Å². The number of aromatic carboxylic acids is 1. The van der Waals surface area contributed by atoms with Crippen molar-refractivity contribution in [3.8, 4) is 0 Å². The Morgan fingerprint density at radius 1 is 1.40 bits per heavy atom. The summed E-state index contributed by atoms with van der Waals surface area (Å²) in [7, 11) is 0. The predicted molar refractivity (Wildman–Crippen MR) is 84.1 cm³/mol. The van der Waals surface area contributed by atoms with Crippen molar-refractivity contribution in [3.63, 3.8) is 0 Å². The van der Waals surface area contributed by atoms with Gasteiger partial charge in [-0.2, -0.15) is 0 Å². The van der Waals surface area contributed by atoms with Gasteiger partial charge < -0.3 is 5.11 Å². The molecule has 0 aliphatic heterocycles. The topological polar surface area (TPSA) is 49.7 Å². The first kappa shape index (κ1) is 16.4. The zero-order valence-electron chi connectivity index (χ0n) is 13.1. The highest BCUT2D eigenvalue weighted by Crippen LogP contribution is 2.27. The number of rotatable bonds is 5. The van der Waals surface area contributed by atoms with E-state index in [1.165, 1.54) is 0 Å². The first-order chi connectivity index (χ1) is 9.20. The molecule has 1 unspecified atom stereocenters. The summed E-state index contributed by atoms with van der Waals surface area (Å²) >= 11 is 0. The van der Waals surface area contributed by atoms with E-state index in [-0.39, 0.29) is 5.56 Å². The third-order valence-electron chi connectivity index (χ3n) is 3.16. The number of carboxylic acid groups (broad SMARTS) is 1. The van der Waals surface area contributed by atoms with Gasteiger partial charge in [0.05, 0.1) is 11.3 Å². The Morgan fingerprint density at radius 2 is 2.05 bits per heavy atom. The SMILES string of the molecule is Cc1cccc(C(=O)O)c1N=CCC(C)CC(C)(C)C. The van der Waals surface area contributed by atoms with Gasteiger partial charge in [0.15, 0.2) is 0 Å². The van der Waals surface area contributed by atoms with Crippen LogP contribution >= 0.6 is 0 Å². The zero-order valence-corrected chi connectivity index (χ0v) is 13.1. The maximum Gasteiger partial charge on any atom is 0.337 e. The monoisotopic (exact) mass is 275 g/mol. The molecule has 110 valence electrons. The number of para-hydroxylation sites is 1. The van der Waals surface area contributed by atoms with Crippen LogP contribution in [-0.4, -0.2) is 17.3 Å². The molecule has 1 N–H and O–H groups in total. The maximum atomic E-state index is 11.2. The van der Waals surface area contributed by atoms with Crippen LogP contribution in [0.1, 0.15) is 56.5 Å². The van der Waals surface area contributed by atoms with E-state index in [2.05, 4.69) is 32.7 Å². The van der Waals surface area contributed by atoms with Crippen molar-refractivity contribution in [2.24, 2.45) is 16.3 Å². The van der Waals surface area contributed by atoms with Crippen LogP contribution in [0.25, 0.3) is 0 Å². The Kier molecular flexibility index (Phi) is 5.49. The molecular formula is C17H25NO2. The molecule has 0 radical (unpaired) electrons. The zero-order chi connectivity index (χ0) is 15.3. The molecule has 3 heteroatoms. The van der Waals surface area contributed by atoms with Gasteiger partial charge in [0.1, 0.15) is 0 Å². The number of carboxylic acids is 1. The Hall–Kier alpha value is -1.64. The van der Waals surface area contributed by atoms with Crippen LogP contribution in [0.2, 0.25) is 0 Å². The van der Waals surface area contributed by atoms with Crippen molar-refractivity contribution in [2.75, 3.05) is 0 Å². The van der Waals surface area contributed by atoms with Crippen molar-refractivity contribution < 1.29 is 9.90 Å². The lowest BCUT2D eigenvalue weighted by atomic mass is 9.84. The van der Waals surface area contributed by atoms with Crippen LogP contribution < -0.4 is 0 Å². The number of aryl methyl sites for hydroxylation is 1. The number of carbonyl (C=O) groups is 1. The van der Waals surface area contributed by atoms with Gasteiger partial charge in [0.25, 0.3) is 0 Å². The minimum Gasteiger partial charge on any atom is -0.478 e. The Labute approximate surface area is 121 Å². The predicted octanol–water partition coefficient (Wildman–Crippen LogP) is 4.86. The van der Waals surface area contributed by atoms with Gasteiger partial charge >= 0.3 is 5.97 Å². The lowest BCUT2D eigenvalue weighted by Crippen LogP contribution is -2.11. The molecule has 0 saturated carbocycles. The van der Waals surface area contributed by atoms with Gasteiger partial charge in [-0.1, -0.05) is 39.8 Å². The van der Waals surface area contributed by atoms with Crippen molar-refractivity contribution in [1.29, 1.82) is 0 Å². The second kappa shape index (κ2) is 6.69. The van der Waals surface area contributed by atoms with E-state index >= 15 is 0 Å². The number of benzene rings is 1. The third-order valence-corrected chi connectivity index (χ3v) is 3.16. The normalized spacial score (nSPS) is 13.7. The summed E-state index contributed by atoms with van der Waals surface area (Å²) in [6.45, 7) is 10.8. The van der Waals surface area contributed by atoms with Crippen molar-refractivity contribution >= 4 is 17.9 Å². The van der Waals surface area contributed by atoms with Crippen molar-refractivity contribution in [3.05, 3.63) is 29.3 Å². The lowest BCUT2D eigenvalue weighted by molar-refractivity contribution is 0.0697. The highest BCUT2D eigenvalue weighted by atomic mass is 16.4. The van der Waals surface area contributed by atoms with Crippen LogP contribution in [0.3, 0.4) is 0 Å². The van der Waals surface area contributed by atoms with Crippen LogP contribution in [-0.2, 0) is 0 Å². The van der Waals surface area contributed by atoms with E-state index in [0.717, 1.165) is 18.4 Å². The molecule has 0 aromatic heterocycles. The quantitative estimate of drug-likeness (QED) is 0.780. The summed E-state index contributed by atoms with van der Waals surface area (Å²) in [6, 6.07) is 5.23. The van der Waals surface area contributed by atoms with Crippen LogP contribution in [0.4, 0.5) is 5.69 Å². The molecule has 0 fully saturated rings. The average molecular weight is 275 g/mol. The van der Waals surface area contributed by atoms with Crippen LogP contribution in [0, 0.1) is 18.3 Å². The molecule has 20 heavy (non-hydrogen) atoms. The van der Waals surface area contributed by atoms with Gasteiger partial charge in [0, 0.05) is 6.21 Å². The molecule has 1 atom stereocenters. The fraction of sp³-hybridized carbons (Fsp3) is 0.529. The van der Waals surface area contributed by atoms with E-state index in [1.54, 1.807) is 12.1 Å². The summed E-state index contributed by atoms with van der Waals surface area (Å²) in [5.41, 5.74) is 2.04. The largest absolute Gasteiger partial charge is 0.478 e. The van der Waals surface area contributed by atoms with E-state index in [1.807, 2.05) is 19.2 Å². The Bertz CT molecular complexity index is 498. The lowest BCUT2D eigenvalue weighted by Gasteiger charge is -2.22. The molecule has 0 aliphatic rings. The molecule has 0 bridgehead atoms. The molecule has 1 aromatic rings. The number of hydrogen-bond donors (Lipinski definition) is 1. The van der Waals surface area contributed by atoms with E-state index in [9.17, 15) is 9.90 Å². The first-order valence-corrected chi connectivity index (χ1v) is 7.06. The number of aliphatic imine (C=N–C) groups is 1. The van der Waals surface area contributed by atoms with Crippen LogP contribution in [0.15, 0.2) is 23.2 Å². The first-order valence-electron chi connectivity index (χ1n) is 7.06. The van der Waals surface area contributed by atoms with E-state index in [4.69, 9.17) is 0 Å². The van der Waals surface area contributed by atoms with Gasteiger partial charge in [-0.05, 0) is 42.7 Å².